The highest BCUT2D eigenvalue weighted by molar-refractivity contribution is 7.09. The van der Waals surface area contributed by atoms with Crippen LogP contribution >= 0.6 is 11.3 Å². The lowest BCUT2D eigenvalue weighted by Crippen LogP contribution is -2.40. The first-order valence-electron chi connectivity index (χ1n) is 8.46. The molecule has 1 aromatic heterocycles. The third-order valence-electron chi connectivity index (χ3n) is 4.69. The number of aromatic nitrogens is 1. The van der Waals surface area contributed by atoms with E-state index in [1.807, 2.05) is 43.0 Å². The number of carbonyl (C=O) groups excluding carboxylic acids is 1. The summed E-state index contributed by atoms with van der Waals surface area (Å²) in [5.74, 6) is 0.850. The average molecular weight is 344 g/mol. The Labute approximate surface area is 147 Å². The van der Waals surface area contributed by atoms with Crippen molar-refractivity contribution < 1.29 is 9.53 Å². The van der Waals surface area contributed by atoms with Crippen molar-refractivity contribution in [2.75, 3.05) is 13.7 Å². The van der Waals surface area contributed by atoms with Crippen LogP contribution in [0.2, 0.25) is 0 Å². The highest BCUT2D eigenvalue weighted by Crippen LogP contribution is 2.35. The molecule has 0 saturated carbocycles. The Bertz CT molecular complexity index is 696. The van der Waals surface area contributed by atoms with Gasteiger partial charge in [-0.2, -0.15) is 0 Å². The summed E-state index contributed by atoms with van der Waals surface area (Å²) >= 11 is 1.67. The lowest BCUT2D eigenvalue weighted by atomic mass is 9.95. The Morgan fingerprint density at radius 3 is 2.71 bits per heavy atom. The molecule has 2 aromatic rings. The van der Waals surface area contributed by atoms with Gasteiger partial charge in [0.1, 0.15) is 10.8 Å². The van der Waals surface area contributed by atoms with Gasteiger partial charge in [-0.1, -0.05) is 12.1 Å². The smallest absolute Gasteiger partial charge is 0.230 e. The molecule has 2 atom stereocenters. The van der Waals surface area contributed by atoms with Crippen molar-refractivity contribution in [3.8, 4) is 5.75 Å². The van der Waals surface area contributed by atoms with Gasteiger partial charge < -0.3 is 9.64 Å². The quantitative estimate of drug-likeness (QED) is 0.829. The van der Waals surface area contributed by atoms with E-state index in [0.29, 0.717) is 0 Å². The Hall–Kier alpha value is -1.88. The zero-order chi connectivity index (χ0) is 17.1. The summed E-state index contributed by atoms with van der Waals surface area (Å²) in [4.78, 5) is 19.8. The van der Waals surface area contributed by atoms with Gasteiger partial charge in [-0.15, -0.1) is 11.3 Å². The minimum Gasteiger partial charge on any atom is -0.497 e. The van der Waals surface area contributed by atoms with Crippen LogP contribution in [0, 0.1) is 6.92 Å². The Kier molecular flexibility index (Phi) is 5.19. The molecule has 4 nitrogen and oxygen atoms in total. The molecule has 24 heavy (non-hydrogen) atoms. The number of piperidine rings is 1. The number of nitrogens with zero attached hydrogens (tertiary/aromatic N) is 2. The molecule has 0 unspecified atom stereocenters. The number of thiazole rings is 1. The van der Waals surface area contributed by atoms with Gasteiger partial charge >= 0.3 is 0 Å². The highest BCUT2D eigenvalue weighted by atomic mass is 32.1. The van der Waals surface area contributed by atoms with Crippen molar-refractivity contribution in [3.05, 3.63) is 45.9 Å². The number of aryl methyl sites for hydroxylation is 1. The summed E-state index contributed by atoms with van der Waals surface area (Å²) in [5.41, 5.74) is 2.07. The summed E-state index contributed by atoms with van der Waals surface area (Å²) in [6, 6.07) is 7.92. The van der Waals surface area contributed by atoms with Crippen molar-refractivity contribution >= 4 is 17.2 Å². The van der Waals surface area contributed by atoms with E-state index in [1.165, 1.54) is 0 Å². The number of rotatable bonds is 4. The van der Waals surface area contributed by atoms with Crippen molar-refractivity contribution in [1.82, 2.24) is 9.88 Å². The average Bonchev–Trinajstić information content (AvgIpc) is 3.07. The maximum Gasteiger partial charge on any atom is 0.230 e. The van der Waals surface area contributed by atoms with Crippen molar-refractivity contribution in [2.24, 2.45) is 0 Å². The van der Waals surface area contributed by atoms with Gasteiger partial charge in [-0.05, 0) is 50.8 Å². The maximum absolute atomic E-state index is 13.1. The number of likely N-dealkylation sites (tertiary alicyclic amines) is 1. The van der Waals surface area contributed by atoms with E-state index < -0.39 is 0 Å². The molecule has 0 aliphatic carbocycles. The van der Waals surface area contributed by atoms with Crippen LogP contribution in [0.25, 0.3) is 0 Å². The largest absolute Gasteiger partial charge is 0.497 e. The van der Waals surface area contributed by atoms with Crippen molar-refractivity contribution in [1.29, 1.82) is 0 Å². The normalized spacial score (nSPS) is 19.1. The van der Waals surface area contributed by atoms with E-state index in [9.17, 15) is 4.79 Å². The van der Waals surface area contributed by atoms with Crippen LogP contribution in [0.3, 0.4) is 0 Å². The molecule has 1 saturated heterocycles. The first-order chi connectivity index (χ1) is 11.6. The van der Waals surface area contributed by atoms with E-state index in [4.69, 9.17) is 4.74 Å². The maximum atomic E-state index is 13.1. The fourth-order valence-electron chi connectivity index (χ4n) is 3.26. The second-order valence-electron chi connectivity index (χ2n) is 6.37. The zero-order valence-electron chi connectivity index (χ0n) is 14.5. The fraction of sp³-hybridized carbons (Fsp3) is 0.474. The molecule has 0 spiro atoms. The van der Waals surface area contributed by atoms with Gasteiger partial charge in [0.2, 0.25) is 5.91 Å². The molecule has 128 valence electrons. The number of ether oxygens (including phenoxy) is 1. The van der Waals surface area contributed by atoms with E-state index in [1.54, 1.807) is 18.4 Å². The summed E-state index contributed by atoms with van der Waals surface area (Å²) in [7, 11) is 1.65. The number of hydrogen-bond acceptors (Lipinski definition) is 4. The third-order valence-corrected chi connectivity index (χ3v) is 5.76. The monoisotopic (exact) mass is 344 g/mol. The molecular formula is C19H24N2O2S. The lowest BCUT2D eigenvalue weighted by Gasteiger charge is -2.36. The van der Waals surface area contributed by atoms with Crippen molar-refractivity contribution in [2.45, 2.75) is 45.1 Å². The third kappa shape index (κ3) is 3.46. The van der Waals surface area contributed by atoms with E-state index in [-0.39, 0.29) is 17.9 Å². The van der Waals surface area contributed by atoms with E-state index >= 15 is 0 Å². The Balaban J connectivity index is 1.80. The summed E-state index contributed by atoms with van der Waals surface area (Å²) in [6.45, 7) is 4.82. The van der Waals surface area contributed by atoms with Crippen molar-refractivity contribution in [3.63, 3.8) is 0 Å². The molecular weight excluding hydrogens is 320 g/mol. The van der Waals surface area contributed by atoms with E-state index in [0.717, 1.165) is 47.8 Å². The minimum atomic E-state index is -0.155. The molecule has 1 amide bonds. The van der Waals surface area contributed by atoms with E-state index in [2.05, 4.69) is 10.4 Å². The van der Waals surface area contributed by atoms with Gasteiger partial charge in [0, 0.05) is 17.6 Å². The van der Waals surface area contributed by atoms with Gasteiger partial charge in [0.25, 0.3) is 0 Å². The molecule has 1 aromatic carbocycles. The van der Waals surface area contributed by atoms with Gasteiger partial charge in [-0.25, -0.2) is 4.98 Å². The molecule has 5 heteroatoms. The van der Waals surface area contributed by atoms with Crippen LogP contribution in [0.5, 0.6) is 5.75 Å². The van der Waals surface area contributed by atoms with Gasteiger partial charge in [-0.3, -0.25) is 4.79 Å². The van der Waals surface area contributed by atoms with Gasteiger partial charge in [0.05, 0.1) is 19.1 Å². The SMILES string of the molecule is COc1ccc([C@H](C)C(=O)N2CCCC[C@@H]2c2nc(C)cs2)cc1. The molecule has 0 radical (unpaired) electrons. The second kappa shape index (κ2) is 7.34. The summed E-state index contributed by atoms with van der Waals surface area (Å²) in [5, 5.41) is 3.14. The van der Waals surface area contributed by atoms with Crippen LogP contribution in [0.1, 0.15) is 54.4 Å². The first-order valence-corrected chi connectivity index (χ1v) is 9.34. The highest BCUT2D eigenvalue weighted by Gasteiger charge is 2.32. The minimum absolute atomic E-state index is 0.130. The predicted molar refractivity (Wildman–Crippen MR) is 96.6 cm³/mol. The number of hydrogen-bond donors (Lipinski definition) is 0. The van der Waals surface area contributed by atoms with Crippen LogP contribution < -0.4 is 4.74 Å². The van der Waals surface area contributed by atoms with Crippen LogP contribution in [0.4, 0.5) is 0 Å². The number of benzene rings is 1. The summed E-state index contributed by atoms with van der Waals surface area (Å²) in [6.07, 6.45) is 3.24. The first kappa shape index (κ1) is 17.0. The predicted octanol–water partition coefficient (Wildman–Crippen LogP) is 4.32. The standard InChI is InChI=1S/C19H24N2O2S/c1-13-12-24-18(20-13)17-6-4-5-11-21(17)19(22)14(2)15-7-9-16(23-3)10-8-15/h7-10,12,14,17H,4-6,11H2,1-3H3/t14-,17+/m0/s1. The molecule has 1 fully saturated rings. The Morgan fingerprint density at radius 1 is 1.33 bits per heavy atom. The molecule has 0 N–H and O–H groups in total. The second-order valence-corrected chi connectivity index (χ2v) is 7.25. The molecule has 3 rings (SSSR count). The molecule has 0 bridgehead atoms. The number of methoxy groups -OCH3 is 1. The Morgan fingerprint density at radius 2 is 2.08 bits per heavy atom. The molecule has 1 aliphatic rings. The van der Waals surface area contributed by atoms with Crippen LogP contribution in [-0.4, -0.2) is 29.4 Å². The topological polar surface area (TPSA) is 42.4 Å². The zero-order valence-corrected chi connectivity index (χ0v) is 15.3. The van der Waals surface area contributed by atoms with Crippen LogP contribution in [-0.2, 0) is 4.79 Å². The fourth-order valence-corrected chi connectivity index (χ4v) is 4.20. The summed E-state index contributed by atoms with van der Waals surface area (Å²) < 4.78 is 5.20. The lowest BCUT2D eigenvalue weighted by molar-refractivity contribution is -0.136. The molecule has 2 heterocycles. The molecule has 1 aliphatic heterocycles. The number of carbonyl (C=O) groups is 1. The van der Waals surface area contributed by atoms with Gasteiger partial charge in [0.15, 0.2) is 0 Å². The van der Waals surface area contributed by atoms with Crippen LogP contribution in [0.15, 0.2) is 29.6 Å². The number of amides is 1.